The van der Waals surface area contributed by atoms with Crippen molar-refractivity contribution in [3.8, 4) is 0 Å². The van der Waals surface area contributed by atoms with Crippen LogP contribution in [0, 0.1) is 0 Å². The first-order valence-electron chi connectivity index (χ1n) is 8.96. The van der Waals surface area contributed by atoms with Crippen LogP contribution in [0.15, 0.2) is 59.5 Å². The molecule has 1 amide bonds. The van der Waals surface area contributed by atoms with Gasteiger partial charge in [-0.3, -0.25) is 4.79 Å². The van der Waals surface area contributed by atoms with Crippen molar-refractivity contribution in [2.45, 2.75) is 30.4 Å². The van der Waals surface area contributed by atoms with Crippen LogP contribution in [0.2, 0.25) is 0 Å². The SMILES string of the molecule is CN(Cc1ccccc1)C(=O)c1cccc(S(=O)(=O)NC[C@@H]2CCCO2)c1. The lowest BCUT2D eigenvalue weighted by Gasteiger charge is -2.18. The molecular weight excluding hydrogens is 364 g/mol. The van der Waals surface area contributed by atoms with Crippen LogP contribution in [0.4, 0.5) is 0 Å². The molecule has 7 heteroatoms. The third-order valence-electron chi connectivity index (χ3n) is 4.53. The molecule has 1 aliphatic rings. The van der Waals surface area contributed by atoms with Crippen LogP contribution in [-0.2, 0) is 21.3 Å². The molecule has 1 aliphatic heterocycles. The van der Waals surface area contributed by atoms with Gasteiger partial charge in [-0.2, -0.15) is 0 Å². The summed E-state index contributed by atoms with van der Waals surface area (Å²) in [6.45, 7) is 1.37. The molecule has 0 spiro atoms. The van der Waals surface area contributed by atoms with E-state index in [1.54, 1.807) is 24.1 Å². The van der Waals surface area contributed by atoms with Gasteiger partial charge in [-0.05, 0) is 36.6 Å². The summed E-state index contributed by atoms with van der Waals surface area (Å²) in [5.41, 5.74) is 1.35. The number of amides is 1. The summed E-state index contributed by atoms with van der Waals surface area (Å²) in [5.74, 6) is -0.227. The van der Waals surface area contributed by atoms with Gasteiger partial charge in [0.25, 0.3) is 5.91 Å². The predicted molar refractivity (Wildman–Crippen MR) is 103 cm³/mol. The molecule has 144 valence electrons. The van der Waals surface area contributed by atoms with Crippen molar-refractivity contribution in [2.75, 3.05) is 20.2 Å². The van der Waals surface area contributed by atoms with Crippen LogP contribution >= 0.6 is 0 Å². The summed E-state index contributed by atoms with van der Waals surface area (Å²) in [5, 5.41) is 0. The quantitative estimate of drug-likeness (QED) is 0.790. The summed E-state index contributed by atoms with van der Waals surface area (Å²) in [4.78, 5) is 14.3. The van der Waals surface area contributed by atoms with E-state index < -0.39 is 10.0 Å². The number of benzene rings is 2. The molecule has 1 atom stereocenters. The van der Waals surface area contributed by atoms with Crippen LogP contribution in [0.3, 0.4) is 0 Å². The monoisotopic (exact) mass is 388 g/mol. The third-order valence-corrected chi connectivity index (χ3v) is 5.95. The molecule has 0 saturated carbocycles. The number of sulfonamides is 1. The number of nitrogens with zero attached hydrogens (tertiary/aromatic N) is 1. The Labute approximate surface area is 160 Å². The minimum Gasteiger partial charge on any atom is -0.377 e. The van der Waals surface area contributed by atoms with E-state index in [9.17, 15) is 13.2 Å². The molecular formula is C20H24N2O4S. The van der Waals surface area contributed by atoms with Gasteiger partial charge in [0.05, 0.1) is 11.0 Å². The fraction of sp³-hybridized carbons (Fsp3) is 0.350. The summed E-state index contributed by atoms with van der Waals surface area (Å²) in [6.07, 6.45) is 1.72. The van der Waals surface area contributed by atoms with E-state index in [1.807, 2.05) is 30.3 Å². The van der Waals surface area contributed by atoms with E-state index in [0.29, 0.717) is 18.7 Å². The van der Waals surface area contributed by atoms with Crippen molar-refractivity contribution >= 4 is 15.9 Å². The van der Waals surface area contributed by atoms with Crippen molar-refractivity contribution in [3.63, 3.8) is 0 Å². The van der Waals surface area contributed by atoms with Crippen molar-refractivity contribution in [1.29, 1.82) is 0 Å². The highest BCUT2D eigenvalue weighted by Crippen LogP contribution is 2.16. The lowest BCUT2D eigenvalue weighted by atomic mass is 10.1. The lowest BCUT2D eigenvalue weighted by molar-refractivity contribution is 0.0785. The molecule has 6 nitrogen and oxygen atoms in total. The molecule has 1 heterocycles. The molecule has 0 unspecified atom stereocenters. The van der Waals surface area contributed by atoms with E-state index in [2.05, 4.69) is 4.72 Å². The zero-order valence-electron chi connectivity index (χ0n) is 15.3. The average Bonchev–Trinajstić information content (AvgIpc) is 3.20. The van der Waals surface area contributed by atoms with Crippen molar-refractivity contribution < 1.29 is 17.9 Å². The van der Waals surface area contributed by atoms with Gasteiger partial charge in [0.2, 0.25) is 10.0 Å². The Hall–Kier alpha value is -2.22. The maximum absolute atomic E-state index is 12.7. The second-order valence-electron chi connectivity index (χ2n) is 6.66. The highest BCUT2D eigenvalue weighted by atomic mass is 32.2. The number of nitrogens with one attached hydrogen (secondary N) is 1. The van der Waals surface area contributed by atoms with Crippen molar-refractivity contribution in [1.82, 2.24) is 9.62 Å². The summed E-state index contributed by atoms with van der Waals surface area (Å²) in [6, 6.07) is 15.8. The summed E-state index contributed by atoms with van der Waals surface area (Å²) < 4.78 is 33.1. The Balaban J connectivity index is 1.69. The second-order valence-corrected chi connectivity index (χ2v) is 8.43. The average molecular weight is 388 g/mol. The molecule has 2 aromatic carbocycles. The zero-order valence-corrected chi connectivity index (χ0v) is 16.1. The van der Waals surface area contributed by atoms with Crippen molar-refractivity contribution in [2.24, 2.45) is 0 Å². The number of ether oxygens (including phenoxy) is 1. The molecule has 27 heavy (non-hydrogen) atoms. The van der Waals surface area contributed by atoms with Crippen LogP contribution in [0.25, 0.3) is 0 Å². The predicted octanol–water partition coefficient (Wildman–Crippen LogP) is 2.42. The topological polar surface area (TPSA) is 75.7 Å². The molecule has 2 aromatic rings. The van der Waals surface area contributed by atoms with Gasteiger partial charge < -0.3 is 9.64 Å². The Kier molecular flexibility index (Phi) is 6.26. The van der Waals surface area contributed by atoms with Gasteiger partial charge in [0.15, 0.2) is 0 Å². The third kappa shape index (κ3) is 5.15. The van der Waals surface area contributed by atoms with Gasteiger partial charge in [0.1, 0.15) is 0 Å². The smallest absolute Gasteiger partial charge is 0.253 e. The minimum atomic E-state index is -3.69. The highest BCUT2D eigenvalue weighted by molar-refractivity contribution is 7.89. The zero-order chi connectivity index (χ0) is 19.3. The van der Waals surface area contributed by atoms with Crippen LogP contribution in [0.1, 0.15) is 28.8 Å². The van der Waals surface area contributed by atoms with Gasteiger partial charge in [-0.1, -0.05) is 36.4 Å². The van der Waals surface area contributed by atoms with E-state index in [0.717, 1.165) is 18.4 Å². The maximum Gasteiger partial charge on any atom is 0.253 e. The van der Waals surface area contributed by atoms with E-state index in [-0.39, 0.29) is 23.5 Å². The number of hydrogen-bond acceptors (Lipinski definition) is 4. The molecule has 3 rings (SSSR count). The van der Waals surface area contributed by atoms with Gasteiger partial charge >= 0.3 is 0 Å². The Morgan fingerprint density at radius 2 is 1.96 bits per heavy atom. The standard InChI is InChI=1S/C20H24N2O4S/c1-22(15-16-7-3-2-4-8-16)20(23)17-9-5-11-19(13-17)27(24,25)21-14-18-10-6-12-26-18/h2-5,7-9,11,13,18,21H,6,10,12,14-15H2,1H3/t18-/m0/s1. The fourth-order valence-electron chi connectivity index (χ4n) is 3.04. The first-order valence-corrected chi connectivity index (χ1v) is 10.4. The first-order chi connectivity index (χ1) is 13.0. The maximum atomic E-state index is 12.7. The number of carbonyl (C=O) groups is 1. The fourth-order valence-corrected chi connectivity index (χ4v) is 4.15. The number of hydrogen-bond donors (Lipinski definition) is 1. The highest BCUT2D eigenvalue weighted by Gasteiger charge is 2.21. The molecule has 0 radical (unpaired) electrons. The summed E-state index contributed by atoms with van der Waals surface area (Å²) in [7, 11) is -1.99. The Morgan fingerprint density at radius 1 is 1.19 bits per heavy atom. The Bertz CT molecular complexity index is 878. The molecule has 0 bridgehead atoms. The summed E-state index contributed by atoms with van der Waals surface area (Å²) >= 11 is 0. The number of carbonyl (C=O) groups excluding carboxylic acids is 1. The van der Waals surface area contributed by atoms with E-state index >= 15 is 0 Å². The Morgan fingerprint density at radius 3 is 2.67 bits per heavy atom. The molecule has 1 N–H and O–H groups in total. The molecule has 0 aromatic heterocycles. The van der Waals surface area contributed by atoms with Crippen LogP contribution < -0.4 is 4.72 Å². The van der Waals surface area contributed by atoms with Gasteiger partial charge in [-0.25, -0.2) is 13.1 Å². The van der Waals surface area contributed by atoms with Crippen molar-refractivity contribution in [3.05, 3.63) is 65.7 Å². The molecule has 1 fully saturated rings. The number of rotatable bonds is 7. The first kappa shape index (κ1) is 19.5. The van der Waals surface area contributed by atoms with Gasteiger partial charge in [-0.15, -0.1) is 0 Å². The molecule has 1 saturated heterocycles. The van der Waals surface area contributed by atoms with Gasteiger partial charge in [0, 0.05) is 32.3 Å². The normalized spacial score (nSPS) is 17.0. The second kappa shape index (κ2) is 8.65. The van der Waals surface area contributed by atoms with Crippen LogP contribution in [0.5, 0.6) is 0 Å². The van der Waals surface area contributed by atoms with E-state index in [4.69, 9.17) is 4.74 Å². The van der Waals surface area contributed by atoms with E-state index in [1.165, 1.54) is 12.1 Å². The minimum absolute atomic E-state index is 0.0819. The largest absolute Gasteiger partial charge is 0.377 e. The molecule has 0 aliphatic carbocycles. The lowest BCUT2D eigenvalue weighted by Crippen LogP contribution is -2.32. The van der Waals surface area contributed by atoms with Crippen LogP contribution in [-0.4, -0.2) is 45.5 Å².